The highest BCUT2D eigenvalue weighted by molar-refractivity contribution is 6.04. The maximum atomic E-state index is 11.7. The van der Waals surface area contributed by atoms with Crippen molar-refractivity contribution in [3.05, 3.63) is 90.1 Å². The van der Waals surface area contributed by atoms with Crippen LogP contribution in [0.25, 0.3) is 22.0 Å². The standard InChI is InChI=1S/C24H21NO3/c1-2-25-15-21(24(26)27)20-14-18(12-13-22(20)25)19-10-6-7-11-23(19)28-16-17-8-4-3-5-9-17/h3-15H,2,16H2,1H3,(H,26,27). The van der Waals surface area contributed by atoms with E-state index in [2.05, 4.69) is 0 Å². The lowest BCUT2D eigenvalue weighted by Crippen LogP contribution is -1.97. The van der Waals surface area contributed by atoms with E-state index in [0.29, 0.717) is 12.2 Å². The molecule has 3 aromatic carbocycles. The van der Waals surface area contributed by atoms with Crippen molar-refractivity contribution in [1.29, 1.82) is 0 Å². The number of ether oxygens (including phenoxy) is 1. The summed E-state index contributed by atoms with van der Waals surface area (Å²) in [6, 6.07) is 23.8. The van der Waals surface area contributed by atoms with E-state index in [9.17, 15) is 9.90 Å². The van der Waals surface area contributed by atoms with E-state index >= 15 is 0 Å². The number of rotatable bonds is 6. The average molecular weight is 371 g/mol. The molecule has 0 amide bonds. The first-order chi connectivity index (χ1) is 13.7. The summed E-state index contributed by atoms with van der Waals surface area (Å²) in [5.41, 5.74) is 4.22. The van der Waals surface area contributed by atoms with Crippen molar-refractivity contribution in [3.63, 3.8) is 0 Å². The second-order valence-corrected chi connectivity index (χ2v) is 6.64. The number of aromatic nitrogens is 1. The third-order valence-electron chi connectivity index (χ3n) is 4.89. The first kappa shape index (κ1) is 17.9. The fourth-order valence-electron chi connectivity index (χ4n) is 3.46. The molecular weight excluding hydrogens is 350 g/mol. The minimum atomic E-state index is -0.914. The Labute approximate surface area is 163 Å². The van der Waals surface area contributed by atoms with Crippen molar-refractivity contribution in [3.8, 4) is 16.9 Å². The summed E-state index contributed by atoms with van der Waals surface area (Å²) in [4.78, 5) is 11.7. The molecule has 1 N–H and O–H groups in total. The molecule has 0 fully saturated rings. The Morgan fingerprint density at radius 1 is 1.00 bits per heavy atom. The average Bonchev–Trinajstić information content (AvgIpc) is 3.11. The molecule has 0 atom stereocenters. The molecule has 1 heterocycles. The molecule has 140 valence electrons. The highest BCUT2D eigenvalue weighted by Gasteiger charge is 2.15. The number of aryl methyl sites for hydroxylation is 1. The van der Waals surface area contributed by atoms with Crippen LogP contribution in [0.2, 0.25) is 0 Å². The second-order valence-electron chi connectivity index (χ2n) is 6.64. The summed E-state index contributed by atoms with van der Waals surface area (Å²) in [7, 11) is 0. The van der Waals surface area contributed by atoms with Crippen LogP contribution in [0.5, 0.6) is 5.75 Å². The molecule has 0 aliphatic rings. The van der Waals surface area contributed by atoms with E-state index in [4.69, 9.17) is 4.74 Å². The van der Waals surface area contributed by atoms with E-state index < -0.39 is 5.97 Å². The van der Waals surface area contributed by atoms with Crippen LogP contribution in [0.15, 0.2) is 79.0 Å². The summed E-state index contributed by atoms with van der Waals surface area (Å²) in [5.74, 6) is -0.138. The Morgan fingerprint density at radius 2 is 1.75 bits per heavy atom. The van der Waals surface area contributed by atoms with Gasteiger partial charge in [-0.25, -0.2) is 4.79 Å². The van der Waals surface area contributed by atoms with Crippen molar-refractivity contribution in [2.24, 2.45) is 0 Å². The minimum absolute atomic E-state index is 0.321. The molecule has 1 aromatic heterocycles. The molecule has 4 aromatic rings. The maximum absolute atomic E-state index is 11.7. The molecule has 4 nitrogen and oxygen atoms in total. The van der Waals surface area contributed by atoms with Crippen LogP contribution >= 0.6 is 0 Å². The fraction of sp³-hybridized carbons (Fsp3) is 0.125. The van der Waals surface area contributed by atoms with E-state index in [1.807, 2.05) is 84.3 Å². The summed E-state index contributed by atoms with van der Waals surface area (Å²) in [6.07, 6.45) is 1.70. The molecule has 0 bridgehead atoms. The van der Waals surface area contributed by atoms with E-state index in [-0.39, 0.29) is 0 Å². The molecule has 28 heavy (non-hydrogen) atoms. The largest absolute Gasteiger partial charge is 0.488 e. The van der Waals surface area contributed by atoms with Gasteiger partial charge in [-0.05, 0) is 36.2 Å². The third kappa shape index (κ3) is 3.37. The lowest BCUT2D eigenvalue weighted by molar-refractivity contribution is 0.0699. The molecule has 4 heteroatoms. The lowest BCUT2D eigenvalue weighted by Gasteiger charge is -2.12. The Morgan fingerprint density at radius 3 is 2.50 bits per heavy atom. The molecule has 0 unspecified atom stereocenters. The van der Waals surface area contributed by atoms with E-state index in [0.717, 1.165) is 39.9 Å². The van der Waals surface area contributed by atoms with Crippen LogP contribution < -0.4 is 4.74 Å². The highest BCUT2D eigenvalue weighted by atomic mass is 16.5. The van der Waals surface area contributed by atoms with Gasteiger partial charge in [0.25, 0.3) is 0 Å². The van der Waals surface area contributed by atoms with E-state index in [1.165, 1.54) is 0 Å². The molecule has 0 aliphatic heterocycles. The van der Waals surface area contributed by atoms with Crippen molar-refractivity contribution >= 4 is 16.9 Å². The number of fused-ring (bicyclic) bond motifs is 1. The van der Waals surface area contributed by atoms with Gasteiger partial charge in [-0.15, -0.1) is 0 Å². The van der Waals surface area contributed by atoms with Gasteiger partial charge in [0.2, 0.25) is 0 Å². The lowest BCUT2D eigenvalue weighted by atomic mass is 10.0. The highest BCUT2D eigenvalue weighted by Crippen LogP contribution is 2.34. The van der Waals surface area contributed by atoms with Crippen molar-refractivity contribution in [2.75, 3.05) is 0 Å². The number of carbonyl (C=O) groups is 1. The monoisotopic (exact) mass is 371 g/mol. The zero-order valence-electron chi connectivity index (χ0n) is 15.6. The summed E-state index contributed by atoms with van der Waals surface area (Å²) in [6.45, 7) is 3.21. The van der Waals surface area contributed by atoms with Gasteiger partial charge in [0.05, 0.1) is 5.56 Å². The summed E-state index contributed by atoms with van der Waals surface area (Å²) in [5, 5.41) is 10.3. The number of nitrogens with zero attached hydrogens (tertiary/aromatic N) is 1. The molecule has 0 radical (unpaired) electrons. The predicted molar refractivity (Wildman–Crippen MR) is 111 cm³/mol. The summed E-state index contributed by atoms with van der Waals surface area (Å²) < 4.78 is 8.03. The Balaban J connectivity index is 1.74. The van der Waals surface area contributed by atoms with Crippen LogP contribution in [0, 0.1) is 0 Å². The van der Waals surface area contributed by atoms with Crippen molar-refractivity contribution < 1.29 is 14.6 Å². The second kappa shape index (κ2) is 7.61. The third-order valence-corrected chi connectivity index (χ3v) is 4.89. The molecule has 0 spiro atoms. The van der Waals surface area contributed by atoms with Crippen molar-refractivity contribution in [2.45, 2.75) is 20.1 Å². The molecule has 0 aliphatic carbocycles. The number of benzene rings is 3. The van der Waals surface area contributed by atoms with Gasteiger partial charge in [0.1, 0.15) is 12.4 Å². The topological polar surface area (TPSA) is 51.5 Å². The number of carboxylic acid groups (broad SMARTS) is 1. The molecule has 4 rings (SSSR count). The van der Waals surface area contributed by atoms with Crippen LogP contribution in [0.3, 0.4) is 0 Å². The summed E-state index contributed by atoms with van der Waals surface area (Å²) >= 11 is 0. The van der Waals surface area contributed by atoms with Crippen LogP contribution in [-0.4, -0.2) is 15.6 Å². The number of hydrogen-bond donors (Lipinski definition) is 1. The molecule has 0 saturated heterocycles. The first-order valence-electron chi connectivity index (χ1n) is 9.29. The van der Waals surface area contributed by atoms with Crippen LogP contribution in [0.1, 0.15) is 22.8 Å². The van der Waals surface area contributed by atoms with Gasteiger partial charge in [-0.3, -0.25) is 0 Å². The number of hydrogen-bond acceptors (Lipinski definition) is 2. The number of carboxylic acids is 1. The first-order valence-corrected chi connectivity index (χ1v) is 9.29. The van der Waals surface area contributed by atoms with Gasteiger partial charge >= 0.3 is 5.97 Å². The quantitative estimate of drug-likeness (QED) is 0.480. The zero-order chi connectivity index (χ0) is 19.5. The maximum Gasteiger partial charge on any atom is 0.337 e. The minimum Gasteiger partial charge on any atom is -0.488 e. The number of aromatic carboxylic acids is 1. The Kier molecular flexibility index (Phi) is 4.85. The SMILES string of the molecule is CCn1cc(C(=O)O)c2cc(-c3ccccc3OCc3ccccc3)ccc21. The van der Waals surface area contributed by atoms with Gasteiger partial charge in [-0.2, -0.15) is 0 Å². The van der Waals surface area contributed by atoms with Gasteiger partial charge in [0, 0.05) is 29.2 Å². The van der Waals surface area contributed by atoms with Crippen LogP contribution in [0.4, 0.5) is 0 Å². The predicted octanol–water partition coefficient (Wildman–Crippen LogP) is 5.61. The van der Waals surface area contributed by atoms with E-state index in [1.54, 1.807) is 6.20 Å². The smallest absolute Gasteiger partial charge is 0.337 e. The van der Waals surface area contributed by atoms with Gasteiger partial charge < -0.3 is 14.4 Å². The van der Waals surface area contributed by atoms with Crippen LogP contribution in [-0.2, 0) is 13.2 Å². The zero-order valence-corrected chi connectivity index (χ0v) is 15.6. The van der Waals surface area contributed by atoms with Gasteiger partial charge in [-0.1, -0.05) is 54.6 Å². The Hall–Kier alpha value is -3.53. The molecular formula is C24H21NO3. The Bertz CT molecular complexity index is 1130. The van der Waals surface area contributed by atoms with Crippen molar-refractivity contribution in [1.82, 2.24) is 4.57 Å². The number of para-hydroxylation sites is 1. The molecule has 0 saturated carbocycles. The normalized spacial score (nSPS) is 10.9. The van der Waals surface area contributed by atoms with Gasteiger partial charge in [0.15, 0.2) is 0 Å². The fourth-order valence-corrected chi connectivity index (χ4v) is 3.46.